The molecule has 0 aliphatic carbocycles. The lowest BCUT2D eigenvalue weighted by Gasteiger charge is -2.24. The second-order valence-corrected chi connectivity index (χ2v) is 6.53. The predicted octanol–water partition coefficient (Wildman–Crippen LogP) is 2.81. The fourth-order valence-corrected chi connectivity index (χ4v) is 2.71. The van der Waals surface area contributed by atoms with Gasteiger partial charge in [-0.2, -0.15) is 0 Å². The standard InChI is InChI=1S/C17H23NO4/c1-17(2,3)22-16(20)18-10-13(12-8-6-5-7-9-12)14(11-18)15(19)21-4/h5-9,13-14H,10-11H2,1-4H3/t13-,14+/m0/s1. The summed E-state index contributed by atoms with van der Waals surface area (Å²) in [6, 6.07) is 9.73. The van der Waals surface area contributed by atoms with Crippen LogP contribution in [-0.4, -0.2) is 42.8 Å². The van der Waals surface area contributed by atoms with Gasteiger partial charge >= 0.3 is 12.1 Å². The Hall–Kier alpha value is -2.04. The highest BCUT2D eigenvalue weighted by molar-refractivity contribution is 5.77. The minimum atomic E-state index is -0.553. The van der Waals surface area contributed by atoms with Gasteiger partial charge in [0.05, 0.1) is 13.0 Å². The lowest BCUT2D eigenvalue weighted by atomic mass is 9.89. The fraction of sp³-hybridized carbons (Fsp3) is 0.529. The Bertz CT molecular complexity index is 535. The van der Waals surface area contributed by atoms with Crippen LogP contribution in [0.25, 0.3) is 0 Å². The molecule has 1 fully saturated rings. The average molecular weight is 305 g/mol. The summed E-state index contributed by atoms with van der Waals surface area (Å²) in [7, 11) is 1.38. The largest absolute Gasteiger partial charge is 0.469 e. The molecule has 2 atom stereocenters. The van der Waals surface area contributed by atoms with E-state index in [0.29, 0.717) is 13.1 Å². The number of hydrogen-bond acceptors (Lipinski definition) is 4. The molecule has 5 nitrogen and oxygen atoms in total. The van der Waals surface area contributed by atoms with Gasteiger partial charge in [0.2, 0.25) is 0 Å². The molecule has 1 aromatic rings. The average Bonchev–Trinajstić information content (AvgIpc) is 2.91. The van der Waals surface area contributed by atoms with Crippen LogP contribution in [0.1, 0.15) is 32.3 Å². The number of esters is 1. The number of ether oxygens (including phenoxy) is 2. The molecule has 22 heavy (non-hydrogen) atoms. The molecule has 5 heteroatoms. The van der Waals surface area contributed by atoms with Crippen molar-refractivity contribution in [1.29, 1.82) is 0 Å². The molecule has 120 valence electrons. The van der Waals surface area contributed by atoms with E-state index < -0.39 is 5.60 Å². The van der Waals surface area contributed by atoms with Crippen LogP contribution < -0.4 is 0 Å². The van der Waals surface area contributed by atoms with Crippen LogP contribution in [0.4, 0.5) is 4.79 Å². The topological polar surface area (TPSA) is 55.8 Å². The third kappa shape index (κ3) is 3.78. The molecule has 1 saturated heterocycles. The van der Waals surface area contributed by atoms with Crippen LogP contribution in [0, 0.1) is 5.92 Å². The van der Waals surface area contributed by atoms with Gasteiger partial charge < -0.3 is 14.4 Å². The highest BCUT2D eigenvalue weighted by atomic mass is 16.6. The second kappa shape index (κ2) is 6.38. The van der Waals surface area contributed by atoms with Gasteiger partial charge in [0, 0.05) is 19.0 Å². The lowest BCUT2D eigenvalue weighted by molar-refractivity contribution is -0.145. The zero-order chi connectivity index (χ0) is 16.3. The van der Waals surface area contributed by atoms with E-state index in [-0.39, 0.29) is 23.9 Å². The monoisotopic (exact) mass is 305 g/mol. The summed E-state index contributed by atoms with van der Waals surface area (Å²) in [5.41, 5.74) is 0.479. The molecule has 2 rings (SSSR count). The van der Waals surface area contributed by atoms with Crippen LogP contribution in [0.2, 0.25) is 0 Å². The van der Waals surface area contributed by atoms with E-state index in [2.05, 4.69) is 0 Å². The molecule has 0 unspecified atom stereocenters. The first-order chi connectivity index (χ1) is 10.3. The van der Waals surface area contributed by atoms with Gasteiger partial charge in [-0.3, -0.25) is 4.79 Å². The summed E-state index contributed by atoms with van der Waals surface area (Å²) < 4.78 is 10.3. The Kier molecular flexibility index (Phi) is 4.74. The summed E-state index contributed by atoms with van der Waals surface area (Å²) >= 11 is 0. The number of likely N-dealkylation sites (tertiary alicyclic amines) is 1. The summed E-state index contributed by atoms with van der Waals surface area (Å²) in [6.45, 7) is 6.26. The third-order valence-corrected chi connectivity index (χ3v) is 3.70. The highest BCUT2D eigenvalue weighted by Gasteiger charge is 2.42. The minimum absolute atomic E-state index is 0.0684. The molecular weight excluding hydrogens is 282 g/mol. The minimum Gasteiger partial charge on any atom is -0.469 e. The molecule has 0 aromatic heterocycles. The molecule has 1 heterocycles. The number of hydrogen-bond donors (Lipinski definition) is 0. The van der Waals surface area contributed by atoms with E-state index in [1.165, 1.54) is 7.11 Å². The number of amides is 1. The maximum Gasteiger partial charge on any atom is 0.410 e. The van der Waals surface area contributed by atoms with Crippen molar-refractivity contribution >= 4 is 12.1 Å². The van der Waals surface area contributed by atoms with Gasteiger partial charge in [0.1, 0.15) is 5.60 Å². The van der Waals surface area contributed by atoms with Crippen molar-refractivity contribution in [3.05, 3.63) is 35.9 Å². The van der Waals surface area contributed by atoms with Gasteiger partial charge in [0.15, 0.2) is 0 Å². The fourth-order valence-electron chi connectivity index (χ4n) is 2.71. The molecule has 1 aliphatic heterocycles. The predicted molar refractivity (Wildman–Crippen MR) is 82.5 cm³/mol. The first kappa shape index (κ1) is 16.3. The van der Waals surface area contributed by atoms with Gasteiger partial charge in [-0.25, -0.2) is 4.79 Å². The van der Waals surface area contributed by atoms with Gasteiger partial charge in [-0.05, 0) is 26.3 Å². The van der Waals surface area contributed by atoms with Crippen molar-refractivity contribution in [2.45, 2.75) is 32.3 Å². The van der Waals surface area contributed by atoms with Gasteiger partial charge in [-0.1, -0.05) is 30.3 Å². The number of nitrogens with zero attached hydrogens (tertiary/aromatic N) is 1. The van der Waals surface area contributed by atoms with Crippen molar-refractivity contribution in [2.75, 3.05) is 20.2 Å². The van der Waals surface area contributed by atoms with Crippen molar-refractivity contribution in [1.82, 2.24) is 4.90 Å². The first-order valence-electron chi connectivity index (χ1n) is 7.42. The third-order valence-electron chi connectivity index (χ3n) is 3.70. The van der Waals surface area contributed by atoms with E-state index in [1.807, 2.05) is 51.1 Å². The summed E-state index contributed by atoms with van der Waals surface area (Å²) in [5, 5.41) is 0. The molecule has 0 N–H and O–H groups in total. The van der Waals surface area contributed by atoms with Gasteiger partial charge in [-0.15, -0.1) is 0 Å². The molecule has 1 aromatic carbocycles. The summed E-state index contributed by atoms with van der Waals surface area (Å²) in [4.78, 5) is 25.9. The Morgan fingerprint density at radius 1 is 1.14 bits per heavy atom. The van der Waals surface area contributed by atoms with Crippen molar-refractivity contribution in [3.8, 4) is 0 Å². The number of carbonyl (C=O) groups is 2. The molecule has 0 radical (unpaired) electrons. The van der Waals surface area contributed by atoms with Crippen LogP contribution in [0.5, 0.6) is 0 Å². The van der Waals surface area contributed by atoms with Crippen LogP contribution in [0.3, 0.4) is 0 Å². The molecule has 1 aliphatic rings. The highest BCUT2D eigenvalue weighted by Crippen LogP contribution is 2.34. The number of carbonyl (C=O) groups excluding carboxylic acids is 2. The zero-order valence-corrected chi connectivity index (χ0v) is 13.5. The smallest absolute Gasteiger partial charge is 0.410 e. The van der Waals surface area contributed by atoms with Crippen molar-refractivity contribution < 1.29 is 19.1 Å². The van der Waals surface area contributed by atoms with Crippen LogP contribution in [0.15, 0.2) is 30.3 Å². The van der Waals surface area contributed by atoms with E-state index in [0.717, 1.165) is 5.56 Å². The molecule has 0 bridgehead atoms. The van der Waals surface area contributed by atoms with Gasteiger partial charge in [0.25, 0.3) is 0 Å². The quantitative estimate of drug-likeness (QED) is 0.788. The van der Waals surface area contributed by atoms with Crippen molar-refractivity contribution in [3.63, 3.8) is 0 Å². The second-order valence-electron chi connectivity index (χ2n) is 6.53. The number of benzene rings is 1. The van der Waals surface area contributed by atoms with E-state index in [1.54, 1.807) is 4.90 Å². The molecule has 1 amide bonds. The normalized spacial score (nSPS) is 21.5. The lowest BCUT2D eigenvalue weighted by Crippen LogP contribution is -2.36. The van der Waals surface area contributed by atoms with Crippen LogP contribution in [-0.2, 0) is 14.3 Å². The SMILES string of the molecule is COC(=O)[C@@H]1CN(C(=O)OC(C)(C)C)C[C@H]1c1ccccc1. The zero-order valence-electron chi connectivity index (χ0n) is 13.5. The van der Waals surface area contributed by atoms with Crippen LogP contribution >= 0.6 is 0 Å². The number of methoxy groups -OCH3 is 1. The number of rotatable bonds is 2. The summed E-state index contributed by atoms with van der Waals surface area (Å²) in [6.07, 6.45) is -0.389. The van der Waals surface area contributed by atoms with E-state index >= 15 is 0 Å². The molecule has 0 spiro atoms. The Balaban J connectivity index is 2.18. The Labute approximate surface area is 131 Å². The Morgan fingerprint density at radius 3 is 2.32 bits per heavy atom. The maximum atomic E-state index is 12.2. The van der Waals surface area contributed by atoms with E-state index in [4.69, 9.17) is 9.47 Å². The molecular formula is C17H23NO4. The maximum absolute atomic E-state index is 12.2. The first-order valence-corrected chi connectivity index (χ1v) is 7.42. The molecule has 0 saturated carbocycles. The summed E-state index contributed by atoms with van der Waals surface area (Å²) in [5.74, 6) is -0.721. The van der Waals surface area contributed by atoms with Crippen molar-refractivity contribution in [2.24, 2.45) is 5.92 Å². The Morgan fingerprint density at radius 2 is 1.77 bits per heavy atom. The van der Waals surface area contributed by atoms with E-state index in [9.17, 15) is 9.59 Å².